The lowest BCUT2D eigenvalue weighted by molar-refractivity contribution is -0.145. The van der Waals surface area contributed by atoms with E-state index in [1.807, 2.05) is 0 Å². The van der Waals surface area contributed by atoms with Crippen LogP contribution in [0.2, 0.25) is 0 Å². The van der Waals surface area contributed by atoms with E-state index in [1.54, 1.807) is 20.1 Å². The van der Waals surface area contributed by atoms with Gasteiger partial charge in [-0.05, 0) is 37.7 Å². The number of thioether (sulfide) groups is 1. The van der Waals surface area contributed by atoms with Gasteiger partial charge in [0.25, 0.3) is 0 Å². The summed E-state index contributed by atoms with van der Waals surface area (Å²) in [5, 5.41) is 34.9. The average Bonchev–Trinajstić information content (AvgIpc) is 2.74. The van der Waals surface area contributed by atoms with Gasteiger partial charge >= 0.3 is 11.9 Å². The van der Waals surface area contributed by atoms with Gasteiger partial charge in [0.15, 0.2) is 6.04 Å². The fraction of sp³-hybridized carbons (Fsp3) is 0.750. The molecule has 0 aromatic rings. The van der Waals surface area contributed by atoms with E-state index in [0.717, 1.165) is 0 Å². The summed E-state index contributed by atoms with van der Waals surface area (Å²) in [6, 6.07) is -4.83. The SMILES string of the molecule is CCC(C)C(NC(=O)C(N)CCC(=O)O)C(=O)NC(CCSC)C(=O)NC(C(=O)O)C(C)O. The Balaban J connectivity index is 5.47. The van der Waals surface area contributed by atoms with Crippen molar-refractivity contribution >= 4 is 41.4 Å². The summed E-state index contributed by atoms with van der Waals surface area (Å²) in [5.41, 5.74) is 5.73. The van der Waals surface area contributed by atoms with Gasteiger partial charge in [-0.2, -0.15) is 11.8 Å². The molecule has 0 aromatic carbocycles. The largest absolute Gasteiger partial charge is 0.481 e. The second-order valence-corrected chi connectivity index (χ2v) is 8.80. The maximum atomic E-state index is 13.0. The van der Waals surface area contributed by atoms with Crippen molar-refractivity contribution in [1.29, 1.82) is 0 Å². The van der Waals surface area contributed by atoms with Crippen molar-refractivity contribution < 1.29 is 39.3 Å². The molecular weight excluding hydrogens is 456 g/mol. The highest BCUT2D eigenvalue weighted by atomic mass is 32.2. The summed E-state index contributed by atoms with van der Waals surface area (Å²) in [6.07, 6.45) is 0.720. The molecule has 0 rings (SSSR count). The molecule has 0 aliphatic rings. The number of hydrogen-bond donors (Lipinski definition) is 7. The third kappa shape index (κ3) is 11.3. The number of hydrogen-bond acceptors (Lipinski definition) is 8. The van der Waals surface area contributed by atoms with E-state index in [-0.39, 0.29) is 25.2 Å². The van der Waals surface area contributed by atoms with Crippen LogP contribution in [-0.4, -0.2) is 87.3 Å². The molecule has 0 aromatic heterocycles. The molecule has 0 bridgehead atoms. The number of nitrogens with two attached hydrogens (primary N) is 1. The summed E-state index contributed by atoms with van der Waals surface area (Å²) in [5.74, 6) is -4.52. The Morgan fingerprint density at radius 2 is 1.48 bits per heavy atom. The molecule has 0 aliphatic carbocycles. The van der Waals surface area contributed by atoms with E-state index in [0.29, 0.717) is 12.2 Å². The Labute approximate surface area is 197 Å². The Bertz CT molecular complexity index is 691. The number of aliphatic carboxylic acids is 2. The van der Waals surface area contributed by atoms with Gasteiger partial charge < -0.3 is 37.0 Å². The second-order valence-electron chi connectivity index (χ2n) is 7.82. The number of carboxylic acid groups (broad SMARTS) is 2. The van der Waals surface area contributed by atoms with Crippen LogP contribution in [0.3, 0.4) is 0 Å². The van der Waals surface area contributed by atoms with Crippen molar-refractivity contribution in [3.8, 4) is 0 Å². The molecule has 0 saturated carbocycles. The van der Waals surface area contributed by atoms with E-state index >= 15 is 0 Å². The second kappa shape index (κ2) is 15.5. The smallest absolute Gasteiger partial charge is 0.328 e. The molecule has 0 saturated heterocycles. The van der Waals surface area contributed by atoms with Crippen LogP contribution in [-0.2, 0) is 24.0 Å². The lowest BCUT2D eigenvalue weighted by Crippen LogP contribution is -2.59. The maximum absolute atomic E-state index is 13.0. The van der Waals surface area contributed by atoms with Crippen molar-refractivity contribution in [2.45, 2.75) is 76.7 Å². The molecule has 0 fully saturated rings. The Kier molecular flexibility index (Phi) is 14.3. The van der Waals surface area contributed by atoms with E-state index in [1.165, 1.54) is 18.7 Å². The molecule has 8 N–H and O–H groups in total. The minimum atomic E-state index is -1.55. The van der Waals surface area contributed by atoms with Gasteiger partial charge in [0.2, 0.25) is 17.7 Å². The third-order valence-electron chi connectivity index (χ3n) is 5.09. The zero-order valence-electron chi connectivity index (χ0n) is 19.4. The minimum absolute atomic E-state index is 0.106. The summed E-state index contributed by atoms with van der Waals surface area (Å²) in [6.45, 7) is 4.74. The Hall–Kier alpha value is -2.38. The van der Waals surface area contributed by atoms with Crippen LogP contribution < -0.4 is 21.7 Å². The molecule has 190 valence electrons. The van der Waals surface area contributed by atoms with E-state index in [4.69, 9.17) is 10.8 Å². The van der Waals surface area contributed by atoms with Gasteiger partial charge in [-0.3, -0.25) is 19.2 Å². The highest BCUT2D eigenvalue weighted by molar-refractivity contribution is 7.98. The van der Waals surface area contributed by atoms with Gasteiger partial charge in [0.1, 0.15) is 12.1 Å². The fourth-order valence-electron chi connectivity index (χ4n) is 2.78. The fourth-order valence-corrected chi connectivity index (χ4v) is 3.25. The maximum Gasteiger partial charge on any atom is 0.328 e. The summed E-state index contributed by atoms with van der Waals surface area (Å²) in [7, 11) is 0. The van der Waals surface area contributed by atoms with Crippen molar-refractivity contribution in [3.05, 3.63) is 0 Å². The molecule has 0 spiro atoms. The van der Waals surface area contributed by atoms with Gasteiger partial charge in [-0.25, -0.2) is 4.79 Å². The first-order chi connectivity index (χ1) is 15.3. The Morgan fingerprint density at radius 3 is 1.94 bits per heavy atom. The van der Waals surface area contributed by atoms with Crippen LogP contribution in [0.25, 0.3) is 0 Å². The third-order valence-corrected chi connectivity index (χ3v) is 5.73. The van der Waals surface area contributed by atoms with Gasteiger partial charge in [-0.15, -0.1) is 0 Å². The standard InChI is InChI=1S/C20H36N4O8S/c1-5-10(2)15(23-17(28)12(21)6-7-14(26)27)19(30)22-13(8-9-33-4)18(29)24-16(11(3)25)20(31)32/h10-13,15-16,25H,5-9,21H2,1-4H3,(H,22,30)(H,23,28)(H,24,29)(H,26,27)(H,31,32). The first-order valence-electron chi connectivity index (χ1n) is 10.6. The van der Waals surface area contributed by atoms with Crippen molar-refractivity contribution in [3.63, 3.8) is 0 Å². The average molecular weight is 493 g/mol. The molecule has 0 heterocycles. The highest BCUT2D eigenvalue weighted by Gasteiger charge is 2.33. The molecular formula is C20H36N4O8S. The van der Waals surface area contributed by atoms with Crippen LogP contribution in [0.1, 0.15) is 46.5 Å². The Morgan fingerprint density at radius 1 is 0.909 bits per heavy atom. The number of aliphatic hydroxyl groups excluding tert-OH is 1. The number of nitrogens with one attached hydrogen (secondary N) is 3. The number of rotatable bonds is 16. The summed E-state index contributed by atoms with van der Waals surface area (Å²) in [4.78, 5) is 60.0. The predicted octanol–water partition coefficient (Wildman–Crippen LogP) is -1.10. The van der Waals surface area contributed by atoms with Crippen LogP contribution >= 0.6 is 11.8 Å². The number of carbonyl (C=O) groups is 5. The zero-order chi connectivity index (χ0) is 25.7. The topological polar surface area (TPSA) is 208 Å². The van der Waals surface area contributed by atoms with Crippen LogP contribution in [0.5, 0.6) is 0 Å². The molecule has 3 amide bonds. The lowest BCUT2D eigenvalue weighted by Gasteiger charge is -2.28. The van der Waals surface area contributed by atoms with E-state index < -0.39 is 59.9 Å². The van der Waals surface area contributed by atoms with Crippen molar-refractivity contribution in [2.24, 2.45) is 11.7 Å². The van der Waals surface area contributed by atoms with E-state index in [9.17, 15) is 34.2 Å². The number of carbonyl (C=O) groups excluding carboxylic acids is 3. The minimum Gasteiger partial charge on any atom is -0.481 e. The molecule has 6 atom stereocenters. The number of aliphatic hydroxyl groups is 1. The van der Waals surface area contributed by atoms with E-state index in [2.05, 4.69) is 16.0 Å². The summed E-state index contributed by atoms with van der Waals surface area (Å²) < 4.78 is 0. The van der Waals surface area contributed by atoms with Crippen molar-refractivity contribution in [1.82, 2.24) is 16.0 Å². The molecule has 13 heteroatoms. The van der Waals surface area contributed by atoms with Gasteiger partial charge in [0, 0.05) is 6.42 Å². The zero-order valence-corrected chi connectivity index (χ0v) is 20.2. The first kappa shape index (κ1) is 30.6. The lowest BCUT2D eigenvalue weighted by atomic mass is 9.97. The molecule has 0 aliphatic heterocycles. The molecule has 0 radical (unpaired) electrons. The number of amides is 3. The van der Waals surface area contributed by atoms with Crippen LogP contribution in [0.15, 0.2) is 0 Å². The molecule has 33 heavy (non-hydrogen) atoms. The van der Waals surface area contributed by atoms with Crippen LogP contribution in [0.4, 0.5) is 0 Å². The van der Waals surface area contributed by atoms with Crippen LogP contribution in [0, 0.1) is 5.92 Å². The van der Waals surface area contributed by atoms with Gasteiger partial charge in [0.05, 0.1) is 12.1 Å². The van der Waals surface area contributed by atoms with Gasteiger partial charge in [-0.1, -0.05) is 20.3 Å². The predicted molar refractivity (Wildman–Crippen MR) is 122 cm³/mol. The van der Waals surface area contributed by atoms with Crippen molar-refractivity contribution in [2.75, 3.05) is 12.0 Å². The number of carboxylic acids is 2. The monoisotopic (exact) mass is 492 g/mol. The summed E-state index contributed by atoms with van der Waals surface area (Å²) >= 11 is 1.42. The first-order valence-corrected chi connectivity index (χ1v) is 12.0. The molecule has 6 unspecified atom stereocenters. The molecule has 12 nitrogen and oxygen atoms in total. The normalized spacial score (nSPS) is 16.4. The highest BCUT2D eigenvalue weighted by Crippen LogP contribution is 2.11. The quantitative estimate of drug-likeness (QED) is 0.138.